The van der Waals surface area contributed by atoms with E-state index in [1.165, 1.54) is 26.4 Å². The molecule has 0 saturated carbocycles. The lowest BCUT2D eigenvalue weighted by Crippen LogP contribution is -2.20. The van der Waals surface area contributed by atoms with Crippen LogP contribution in [0.4, 0.5) is 0 Å². The molecule has 0 aromatic carbocycles. The van der Waals surface area contributed by atoms with Crippen LogP contribution in [0, 0.1) is 0 Å². The number of ether oxygens (including phenoxy) is 1. The minimum atomic E-state index is -3.96. The average Bonchev–Trinajstić information content (AvgIpc) is 2.56. The highest BCUT2D eigenvalue weighted by atomic mass is 32.2. The van der Waals surface area contributed by atoms with Gasteiger partial charge in [-0.05, 0) is 38.5 Å². The van der Waals surface area contributed by atoms with Gasteiger partial charge >= 0.3 is 5.97 Å². The van der Waals surface area contributed by atoms with Gasteiger partial charge in [0.25, 0.3) is 10.1 Å². The molecular weight excluding hydrogens is 340 g/mol. The first-order chi connectivity index (χ1) is 11.9. The van der Waals surface area contributed by atoms with Crippen molar-refractivity contribution in [1.82, 2.24) is 0 Å². The lowest BCUT2D eigenvalue weighted by molar-refractivity contribution is -0.140. The Bertz CT molecular complexity index is 456. The summed E-state index contributed by atoms with van der Waals surface area (Å²) < 4.78 is 36.9. The van der Waals surface area contributed by atoms with Crippen molar-refractivity contribution in [3.05, 3.63) is 12.2 Å². The summed E-state index contributed by atoms with van der Waals surface area (Å²) in [4.78, 5) is 11.0. The molecule has 148 valence electrons. The third-order valence-corrected chi connectivity index (χ3v) is 5.67. The summed E-state index contributed by atoms with van der Waals surface area (Å²) >= 11 is 0. The summed E-state index contributed by atoms with van der Waals surface area (Å²) in [5, 5.41) is -0.650. The molecule has 0 radical (unpaired) electrons. The van der Waals surface area contributed by atoms with Gasteiger partial charge in [-0.15, -0.1) is 0 Å². The molecule has 0 aromatic rings. The lowest BCUT2D eigenvalue weighted by atomic mass is 10.1. The van der Waals surface area contributed by atoms with Gasteiger partial charge in [0, 0.05) is 6.42 Å². The standard InChI is InChI=1S/C19H36O5S/c1-3-4-5-6-9-12-15-18(25(21,22)23)16-13-10-7-8-11-14-17-19(20)24-2/h7,10,18H,3-6,8-9,11-17H2,1-2H3,(H,21,22,23). The van der Waals surface area contributed by atoms with Crippen molar-refractivity contribution < 1.29 is 22.5 Å². The average molecular weight is 377 g/mol. The van der Waals surface area contributed by atoms with E-state index >= 15 is 0 Å². The highest BCUT2D eigenvalue weighted by Gasteiger charge is 2.21. The second-order valence-electron chi connectivity index (χ2n) is 6.56. The Morgan fingerprint density at radius 3 is 2.24 bits per heavy atom. The molecule has 0 amide bonds. The molecule has 0 bridgehead atoms. The third-order valence-electron chi connectivity index (χ3n) is 4.35. The van der Waals surface area contributed by atoms with Gasteiger partial charge in [-0.1, -0.05) is 57.6 Å². The smallest absolute Gasteiger partial charge is 0.305 e. The maximum absolute atomic E-state index is 11.5. The maximum Gasteiger partial charge on any atom is 0.305 e. The molecule has 1 N–H and O–H groups in total. The molecule has 0 aliphatic carbocycles. The van der Waals surface area contributed by atoms with Crippen molar-refractivity contribution in [3.63, 3.8) is 0 Å². The Kier molecular flexibility index (Phi) is 14.8. The van der Waals surface area contributed by atoms with Crippen LogP contribution in [0.5, 0.6) is 0 Å². The third kappa shape index (κ3) is 15.1. The summed E-state index contributed by atoms with van der Waals surface area (Å²) in [6.45, 7) is 2.17. The number of esters is 1. The zero-order valence-electron chi connectivity index (χ0n) is 15.9. The van der Waals surface area contributed by atoms with E-state index in [1.54, 1.807) is 0 Å². The monoisotopic (exact) mass is 376 g/mol. The van der Waals surface area contributed by atoms with Crippen molar-refractivity contribution in [2.45, 2.75) is 95.6 Å². The summed E-state index contributed by atoms with van der Waals surface area (Å²) in [7, 11) is -2.57. The second-order valence-corrected chi connectivity index (χ2v) is 8.26. The van der Waals surface area contributed by atoms with Crippen molar-refractivity contribution in [3.8, 4) is 0 Å². The summed E-state index contributed by atoms with van der Waals surface area (Å²) in [6, 6.07) is 0. The van der Waals surface area contributed by atoms with Crippen LogP contribution in [0.2, 0.25) is 0 Å². The quantitative estimate of drug-likeness (QED) is 0.176. The first-order valence-electron chi connectivity index (χ1n) is 9.60. The molecule has 0 rings (SSSR count). The molecule has 0 spiro atoms. The number of rotatable bonds is 16. The summed E-state index contributed by atoms with van der Waals surface area (Å²) in [5.41, 5.74) is 0. The number of carbonyl (C=O) groups is 1. The predicted octanol–water partition coefficient (Wildman–Crippen LogP) is 5.06. The molecule has 0 saturated heterocycles. The van der Waals surface area contributed by atoms with Gasteiger partial charge in [-0.25, -0.2) is 0 Å². The zero-order valence-corrected chi connectivity index (χ0v) is 16.7. The van der Waals surface area contributed by atoms with E-state index in [4.69, 9.17) is 0 Å². The number of hydrogen-bond acceptors (Lipinski definition) is 4. The Morgan fingerprint density at radius 1 is 0.960 bits per heavy atom. The number of hydrogen-bond donors (Lipinski definition) is 1. The van der Waals surface area contributed by atoms with Crippen LogP contribution in [0.15, 0.2) is 12.2 Å². The van der Waals surface area contributed by atoms with Gasteiger partial charge in [0.2, 0.25) is 0 Å². The molecule has 1 unspecified atom stereocenters. The van der Waals surface area contributed by atoms with E-state index in [2.05, 4.69) is 11.7 Å². The highest BCUT2D eigenvalue weighted by molar-refractivity contribution is 7.86. The van der Waals surface area contributed by atoms with E-state index in [1.807, 2.05) is 12.2 Å². The van der Waals surface area contributed by atoms with Crippen molar-refractivity contribution in [2.24, 2.45) is 0 Å². The van der Waals surface area contributed by atoms with Crippen molar-refractivity contribution >= 4 is 16.1 Å². The molecule has 0 heterocycles. The summed E-state index contributed by atoms with van der Waals surface area (Å²) in [6.07, 6.45) is 15.3. The predicted molar refractivity (Wildman–Crippen MR) is 102 cm³/mol. The molecule has 0 aliphatic rings. The van der Waals surface area contributed by atoms with Crippen LogP contribution in [0.25, 0.3) is 0 Å². The largest absolute Gasteiger partial charge is 0.469 e. The van der Waals surface area contributed by atoms with Crippen LogP contribution in [-0.2, 0) is 19.6 Å². The number of unbranched alkanes of at least 4 members (excludes halogenated alkanes) is 7. The maximum atomic E-state index is 11.5. The van der Waals surface area contributed by atoms with Crippen molar-refractivity contribution in [2.75, 3.05) is 7.11 Å². The summed E-state index contributed by atoms with van der Waals surface area (Å²) in [5.74, 6) is -0.185. The molecule has 1 atom stereocenters. The lowest BCUT2D eigenvalue weighted by Gasteiger charge is -2.12. The van der Waals surface area contributed by atoms with Gasteiger partial charge < -0.3 is 4.74 Å². The fraction of sp³-hybridized carbons (Fsp3) is 0.842. The normalized spacial score (nSPS) is 13.2. The Labute approximate surface area is 154 Å². The number of allylic oxidation sites excluding steroid dienone is 2. The van der Waals surface area contributed by atoms with Gasteiger partial charge in [-0.2, -0.15) is 8.42 Å². The number of carbonyl (C=O) groups excluding carboxylic acids is 1. The van der Waals surface area contributed by atoms with Crippen LogP contribution >= 0.6 is 0 Å². The minimum absolute atomic E-state index is 0.185. The van der Waals surface area contributed by atoms with Gasteiger partial charge in [0.15, 0.2) is 0 Å². The Hall–Kier alpha value is -0.880. The first-order valence-corrected chi connectivity index (χ1v) is 11.1. The van der Waals surface area contributed by atoms with E-state index < -0.39 is 15.4 Å². The molecule has 0 fully saturated rings. The molecule has 5 nitrogen and oxygen atoms in total. The van der Waals surface area contributed by atoms with E-state index in [9.17, 15) is 17.8 Å². The second kappa shape index (κ2) is 15.4. The Morgan fingerprint density at radius 2 is 1.60 bits per heavy atom. The molecule has 6 heteroatoms. The van der Waals surface area contributed by atoms with E-state index in [0.717, 1.165) is 38.5 Å². The molecule has 0 aliphatic heterocycles. The van der Waals surface area contributed by atoms with E-state index in [0.29, 0.717) is 25.7 Å². The topological polar surface area (TPSA) is 80.7 Å². The minimum Gasteiger partial charge on any atom is -0.469 e. The molecular formula is C19H36O5S. The van der Waals surface area contributed by atoms with Gasteiger partial charge in [0.1, 0.15) is 0 Å². The van der Waals surface area contributed by atoms with Crippen molar-refractivity contribution in [1.29, 1.82) is 0 Å². The van der Waals surface area contributed by atoms with Crippen LogP contribution < -0.4 is 0 Å². The van der Waals surface area contributed by atoms with Crippen LogP contribution in [0.3, 0.4) is 0 Å². The first kappa shape index (κ1) is 24.1. The van der Waals surface area contributed by atoms with Gasteiger partial charge in [-0.3, -0.25) is 9.35 Å². The highest BCUT2D eigenvalue weighted by Crippen LogP contribution is 2.17. The fourth-order valence-electron chi connectivity index (χ4n) is 2.75. The zero-order chi connectivity index (χ0) is 19.0. The number of methoxy groups -OCH3 is 1. The van der Waals surface area contributed by atoms with Gasteiger partial charge in [0.05, 0.1) is 12.4 Å². The Balaban J connectivity index is 3.89. The fourth-order valence-corrected chi connectivity index (χ4v) is 3.64. The van der Waals surface area contributed by atoms with Crippen LogP contribution in [0.1, 0.15) is 90.4 Å². The van der Waals surface area contributed by atoms with Crippen LogP contribution in [-0.4, -0.2) is 31.3 Å². The molecule has 25 heavy (non-hydrogen) atoms. The van der Waals surface area contributed by atoms with E-state index in [-0.39, 0.29) is 5.97 Å². The molecule has 0 aromatic heterocycles. The SMILES string of the molecule is CCCCCCCCC(CCC=CCCCCC(=O)OC)S(=O)(=O)O.